The Balaban J connectivity index is 1.53. The van der Waals surface area contributed by atoms with Crippen molar-refractivity contribution in [2.24, 2.45) is 0 Å². The summed E-state index contributed by atoms with van der Waals surface area (Å²) < 4.78 is 41.2. The lowest BCUT2D eigenvalue weighted by Gasteiger charge is -2.13. The van der Waals surface area contributed by atoms with Gasteiger partial charge in [0.15, 0.2) is 0 Å². The molecule has 34 heavy (non-hydrogen) atoms. The summed E-state index contributed by atoms with van der Waals surface area (Å²) in [6, 6.07) is 23.1. The molecule has 9 heteroatoms. The molecule has 4 aromatic rings. The number of amides is 1. The van der Waals surface area contributed by atoms with Crippen LogP contribution in [-0.2, 0) is 10.0 Å². The Bertz CT molecular complexity index is 1460. The fourth-order valence-electron chi connectivity index (χ4n) is 3.22. The third-order valence-electron chi connectivity index (χ3n) is 4.94. The van der Waals surface area contributed by atoms with Gasteiger partial charge in [-0.15, -0.1) is 0 Å². The van der Waals surface area contributed by atoms with Gasteiger partial charge in [0.25, 0.3) is 15.9 Å². The number of phenolic OH excluding ortho intramolecular Hbond substituents is 1. The van der Waals surface area contributed by atoms with Crippen molar-refractivity contribution in [1.82, 2.24) is 0 Å². The molecule has 4 rings (SSSR count). The van der Waals surface area contributed by atoms with Crippen LogP contribution in [0, 0.1) is 5.82 Å². The minimum Gasteiger partial charge on any atom is -0.506 e. The summed E-state index contributed by atoms with van der Waals surface area (Å²) in [6.07, 6.45) is 0. The van der Waals surface area contributed by atoms with Gasteiger partial charge in [-0.1, -0.05) is 52.3 Å². The predicted molar refractivity (Wildman–Crippen MR) is 133 cm³/mol. The maximum absolute atomic E-state index is 13.1. The summed E-state index contributed by atoms with van der Waals surface area (Å²) in [6.45, 7) is 0. The predicted octanol–water partition coefficient (Wildman–Crippen LogP) is 6.01. The zero-order valence-electron chi connectivity index (χ0n) is 17.5. The zero-order valence-corrected chi connectivity index (χ0v) is 19.9. The lowest BCUT2D eigenvalue weighted by atomic mass is 10.0. The van der Waals surface area contributed by atoms with E-state index in [9.17, 15) is 22.7 Å². The van der Waals surface area contributed by atoms with E-state index in [-0.39, 0.29) is 22.0 Å². The van der Waals surface area contributed by atoms with Gasteiger partial charge in [0.2, 0.25) is 0 Å². The Morgan fingerprint density at radius 3 is 2.26 bits per heavy atom. The fraction of sp³-hybridized carbons (Fsp3) is 0. The van der Waals surface area contributed by atoms with Gasteiger partial charge in [0.05, 0.1) is 10.6 Å². The van der Waals surface area contributed by atoms with Gasteiger partial charge in [0, 0.05) is 15.7 Å². The van der Waals surface area contributed by atoms with Gasteiger partial charge in [-0.2, -0.15) is 0 Å². The van der Waals surface area contributed by atoms with Crippen LogP contribution in [0.1, 0.15) is 10.4 Å². The second-order valence-corrected chi connectivity index (χ2v) is 9.84. The number of benzene rings is 4. The quantitative estimate of drug-likeness (QED) is 0.206. The highest BCUT2D eigenvalue weighted by molar-refractivity contribution is 9.10. The Morgan fingerprint density at radius 2 is 1.59 bits per heavy atom. The molecular weight excluding hydrogens is 523 g/mol. The van der Waals surface area contributed by atoms with Crippen LogP contribution < -0.4 is 10.0 Å². The van der Waals surface area contributed by atoms with Crippen LogP contribution in [-0.4, -0.2) is 19.4 Å². The molecule has 6 nitrogen and oxygen atoms in total. The van der Waals surface area contributed by atoms with Crippen LogP contribution in [0.5, 0.6) is 5.75 Å². The van der Waals surface area contributed by atoms with E-state index in [0.717, 1.165) is 39.9 Å². The molecule has 0 aliphatic heterocycles. The molecule has 1 amide bonds. The maximum Gasteiger partial charge on any atom is 0.262 e. The molecule has 0 aliphatic carbocycles. The Kier molecular flexibility index (Phi) is 6.67. The van der Waals surface area contributed by atoms with Crippen molar-refractivity contribution in [2.45, 2.75) is 4.90 Å². The average Bonchev–Trinajstić information content (AvgIpc) is 2.82. The summed E-state index contributed by atoms with van der Waals surface area (Å²) >= 11 is 3.51. The van der Waals surface area contributed by atoms with E-state index in [1.165, 1.54) is 18.2 Å². The van der Waals surface area contributed by atoms with E-state index < -0.39 is 21.7 Å². The first-order valence-corrected chi connectivity index (χ1v) is 12.3. The van der Waals surface area contributed by atoms with Gasteiger partial charge >= 0.3 is 0 Å². The maximum atomic E-state index is 13.1. The van der Waals surface area contributed by atoms with Crippen molar-refractivity contribution in [3.63, 3.8) is 0 Å². The summed E-state index contributed by atoms with van der Waals surface area (Å²) in [7, 11) is -4.08. The van der Waals surface area contributed by atoms with E-state index in [4.69, 9.17) is 0 Å². The number of carbonyl (C=O) groups excluding carboxylic acids is 1. The minimum atomic E-state index is -4.08. The van der Waals surface area contributed by atoms with E-state index >= 15 is 0 Å². The number of nitrogens with one attached hydrogen (secondary N) is 2. The van der Waals surface area contributed by atoms with Gasteiger partial charge in [-0.05, 0) is 65.7 Å². The van der Waals surface area contributed by atoms with Crippen LogP contribution in [0.3, 0.4) is 0 Å². The van der Waals surface area contributed by atoms with Crippen LogP contribution in [0.25, 0.3) is 11.1 Å². The van der Waals surface area contributed by atoms with Crippen LogP contribution in [0.4, 0.5) is 15.8 Å². The van der Waals surface area contributed by atoms with E-state index in [1.807, 2.05) is 36.4 Å². The smallest absolute Gasteiger partial charge is 0.262 e. The molecule has 0 unspecified atom stereocenters. The second kappa shape index (κ2) is 9.66. The van der Waals surface area contributed by atoms with Crippen molar-refractivity contribution in [2.75, 3.05) is 10.0 Å². The van der Waals surface area contributed by atoms with Crippen LogP contribution in [0.2, 0.25) is 0 Å². The average molecular weight is 541 g/mol. The number of carbonyl (C=O) groups is 1. The first-order chi connectivity index (χ1) is 16.2. The van der Waals surface area contributed by atoms with Crippen molar-refractivity contribution < 1.29 is 22.7 Å². The molecular formula is C25H18BrFN2O4S. The molecule has 0 aliphatic rings. The summed E-state index contributed by atoms with van der Waals surface area (Å²) in [4.78, 5) is 12.6. The highest BCUT2D eigenvalue weighted by Crippen LogP contribution is 2.31. The van der Waals surface area contributed by atoms with Crippen LogP contribution in [0.15, 0.2) is 100 Å². The van der Waals surface area contributed by atoms with Gasteiger partial charge in [0.1, 0.15) is 11.6 Å². The lowest BCUT2D eigenvalue weighted by Crippen LogP contribution is -2.14. The molecule has 0 fully saturated rings. The molecule has 0 bridgehead atoms. The molecule has 0 saturated carbocycles. The number of rotatable bonds is 6. The third kappa shape index (κ3) is 5.27. The summed E-state index contributed by atoms with van der Waals surface area (Å²) in [5.41, 5.74) is 2.44. The van der Waals surface area contributed by atoms with Crippen molar-refractivity contribution >= 4 is 43.2 Å². The number of aromatic hydroxyl groups is 1. The highest BCUT2D eigenvalue weighted by Gasteiger charge is 2.17. The second-order valence-electron chi connectivity index (χ2n) is 7.31. The molecule has 0 aromatic heterocycles. The van der Waals surface area contributed by atoms with Crippen molar-refractivity contribution in [3.05, 3.63) is 107 Å². The molecule has 0 atom stereocenters. The monoisotopic (exact) mass is 540 g/mol. The van der Waals surface area contributed by atoms with E-state index in [1.54, 1.807) is 12.1 Å². The van der Waals surface area contributed by atoms with E-state index in [2.05, 4.69) is 26.0 Å². The SMILES string of the molecule is O=C(Nc1ccc(O)c(NS(=O)(=O)c2ccc(F)cc2)c1)c1ccc(-c2ccccc2)c(Br)c1. The normalized spacial score (nSPS) is 11.1. The number of halogens is 2. The largest absolute Gasteiger partial charge is 0.506 e. The molecule has 3 N–H and O–H groups in total. The van der Waals surface area contributed by atoms with Crippen LogP contribution >= 0.6 is 15.9 Å². The Labute approximate surface area is 204 Å². The molecule has 4 aromatic carbocycles. The highest BCUT2D eigenvalue weighted by atomic mass is 79.9. The van der Waals surface area contributed by atoms with Gasteiger partial charge in [-0.25, -0.2) is 12.8 Å². The first-order valence-electron chi connectivity index (χ1n) is 10.0. The fourth-order valence-corrected chi connectivity index (χ4v) is 4.90. The molecule has 0 heterocycles. The number of sulfonamides is 1. The van der Waals surface area contributed by atoms with E-state index in [0.29, 0.717) is 5.56 Å². The molecule has 0 radical (unpaired) electrons. The molecule has 0 saturated heterocycles. The molecule has 0 spiro atoms. The third-order valence-corrected chi connectivity index (χ3v) is 6.98. The van der Waals surface area contributed by atoms with Crippen molar-refractivity contribution in [3.8, 4) is 16.9 Å². The van der Waals surface area contributed by atoms with Gasteiger partial charge in [-0.3, -0.25) is 9.52 Å². The van der Waals surface area contributed by atoms with Gasteiger partial charge < -0.3 is 10.4 Å². The van der Waals surface area contributed by atoms with Crippen molar-refractivity contribution in [1.29, 1.82) is 0 Å². The molecule has 172 valence electrons. The Morgan fingerprint density at radius 1 is 0.882 bits per heavy atom. The first kappa shape index (κ1) is 23.5. The standard InChI is InChI=1S/C25H18BrFN2O4S/c26-22-14-17(6-12-21(22)16-4-2-1-3-5-16)25(31)28-19-9-13-24(30)23(15-19)29-34(32,33)20-10-7-18(27)8-11-20/h1-15,29-30H,(H,28,31). The zero-order chi connectivity index (χ0) is 24.3. The number of hydrogen-bond donors (Lipinski definition) is 3. The Hall–Kier alpha value is -3.69. The summed E-state index contributed by atoms with van der Waals surface area (Å²) in [5.74, 6) is -1.33. The number of phenols is 1. The lowest BCUT2D eigenvalue weighted by molar-refractivity contribution is 0.102. The number of anilines is 2. The summed E-state index contributed by atoms with van der Waals surface area (Å²) in [5, 5.41) is 12.8. The number of hydrogen-bond acceptors (Lipinski definition) is 4. The minimum absolute atomic E-state index is 0.136. The topological polar surface area (TPSA) is 95.5 Å².